The fourth-order valence-corrected chi connectivity index (χ4v) is 2.06. The Morgan fingerprint density at radius 3 is 2.57 bits per heavy atom. The highest BCUT2D eigenvalue weighted by Crippen LogP contribution is 2.53. The van der Waals surface area contributed by atoms with Crippen molar-refractivity contribution < 1.29 is 9.90 Å². The number of hydrogen-bond acceptors (Lipinski definition) is 2. The first-order chi connectivity index (χ1) is 6.70. The molecule has 0 aliphatic heterocycles. The van der Waals surface area contributed by atoms with Crippen LogP contribution in [0.1, 0.15) is 12.0 Å². The molecule has 2 atom stereocenters. The van der Waals surface area contributed by atoms with Crippen LogP contribution in [0.3, 0.4) is 0 Å². The van der Waals surface area contributed by atoms with Gasteiger partial charge in [0, 0.05) is 12.0 Å². The lowest BCUT2D eigenvalue weighted by molar-refractivity contribution is -0.139. The summed E-state index contributed by atoms with van der Waals surface area (Å²) in [5.74, 6) is -1.03. The van der Waals surface area contributed by atoms with Gasteiger partial charge >= 0.3 is 5.97 Å². The van der Waals surface area contributed by atoms with Gasteiger partial charge in [0.05, 0.1) is 5.92 Å². The highest BCUT2D eigenvalue weighted by molar-refractivity contribution is 5.77. The van der Waals surface area contributed by atoms with Crippen LogP contribution in [0.15, 0.2) is 30.3 Å². The molecule has 0 saturated heterocycles. The van der Waals surface area contributed by atoms with E-state index in [0.29, 0.717) is 13.0 Å². The second-order valence-corrected chi connectivity index (χ2v) is 3.82. The third-order valence-corrected chi connectivity index (χ3v) is 3.09. The van der Waals surface area contributed by atoms with Crippen LogP contribution in [-0.4, -0.2) is 17.6 Å². The van der Waals surface area contributed by atoms with E-state index < -0.39 is 5.97 Å². The highest BCUT2D eigenvalue weighted by atomic mass is 16.4. The Morgan fingerprint density at radius 1 is 1.50 bits per heavy atom. The first kappa shape index (κ1) is 9.21. The Kier molecular flexibility index (Phi) is 2.04. The number of carboxylic acids is 1. The Hall–Kier alpha value is -1.35. The second kappa shape index (κ2) is 3.10. The summed E-state index contributed by atoms with van der Waals surface area (Å²) in [5, 5.41) is 8.93. The molecule has 14 heavy (non-hydrogen) atoms. The van der Waals surface area contributed by atoms with E-state index in [9.17, 15) is 4.79 Å². The molecule has 1 fully saturated rings. The SMILES string of the molecule is NCC1(c2ccccc2)CC1C(=O)O. The van der Waals surface area contributed by atoms with Crippen LogP contribution in [-0.2, 0) is 10.2 Å². The molecule has 3 N–H and O–H groups in total. The van der Waals surface area contributed by atoms with Gasteiger partial charge in [0.2, 0.25) is 0 Å². The molecule has 1 aromatic carbocycles. The van der Waals surface area contributed by atoms with Gasteiger partial charge in [-0.2, -0.15) is 0 Å². The van der Waals surface area contributed by atoms with Crippen molar-refractivity contribution in [1.29, 1.82) is 0 Å². The van der Waals surface area contributed by atoms with Crippen molar-refractivity contribution in [3.63, 3.8) is 0 Å². The maximum absolute atomic E-state index is 10.9. The molecule has 2 rings (SSSR count). The van der Waals surface area contributed by atoms with Gasteiger partial charge in [-0.1, -0.05) is 30.3 Å². The first-order valence-electron chi connectivity index (χ1n) is 4.69. The summed E-state index contributed by atoms with van der Waals surface area (Å²) < 4.78 is 0. The van der Waals surface area contributed by atoms with Gasteiger partial charge in [0.15, 0.2) is 0 Å². The van der Waals surface area contributed by atoms with E-state index in [1.165, 1.54) is 0 Å². The van der Waals surface area contributed by atoms with E-state index in [1.807, 2.05) is 30.3 Å². The van der Waals surface area contributed by atoms with Gasteiger partial charge in [0.25, 0.3) is 0 Å². The lowest BCUT2D eigenvalue weighted by atomic mass is 9.93. The van der Waals surface area contributed by atoms with Gasteiger partial charge < -0.3 is 10.8 Å². The van der Waals surface area contributed by atoms with Crippen molar-refractivity contribution in [3.05, 3.63) is 35.9 Å². The maximum atomic E-state index is 10.9. The summed E-state index contributed by atoms with van der Waals surface area (Å²) in [7, 11) is 0. The Balaban J connectivity index is 2.29. The second-order valence-electron chi connectivity index (χ2n) is 3.82. The average molecular weight is 191 g/mol. The van der Waals surface area contributed by atoms with E-state index in [0.717, 1.165) is 5.56 Å². The van der Waals surface area contributed by atoms with Crippen LogP contribution in [0, 0.1) is 5.92 Å². The molecule has 3 heteroatoms. The van der Waals surface area contributed by atoms with E-state index in [-0.39, 0.29) is 11.3 Å². The summed E-state index contributed by atoms with van der Waals surface area (Å²) in [6, 6.07) is 9.67. The van der Waals surface area contributed by atoms with E-state index >= 15 is 0 Å². The molecule has 1 aliphatic rings. The highest BCUT2D eigenvalue weighted by Gasteiger charge is 2.58. The Morgan fingerprint density at radius 2 is 2.14 bits per heavy atom. The Labute approximate surface area is 82.5 Å². The molecule has 2 unspecified atom stereocenters. The van der Waals surface area contributed by atoms with Crippen LogP contribution in [0.25, 0.3) is 0 Å². The van der Waals surface area contributed by atoms with Crippen molar-refractivity contribution in [2.45, 2.75) is 11.8 Å². The number of nitrogens with two attached hydrogens (primary N) is 1. The van der Waals surface area contributed by atoms with Crippen LogP contribution in [0.5, 0.6) is 0 Å². The molecule has 0 radical (unpaired) electrons. The third-order valence-electron chi connectivity index (χ3n) is 3.09. The van der Waals surface area contributed by atoms with Crippen molar-refractivity contribution in [3.8, 4) is 0 Å². The average Bonchev–Trinajstić information content (AvgIpc) is 2.95. The quantitative estimate of drug-likeness (QED) is 0.748. The largest absolute Gasteiger partial charge is 0.481 e. The van der Waals surface area contributed by atoms with Crippen molar-refractivity contribution in [1.82, 2.24) is 0 Å². The van der Waals surface area contributed by atoms with Crippen molar-refractivity contribution in [2.24, 2.45) is 11.7 Å². The summed E-state index contributed by atoms with van der Waals surface area (Å²) in [4.78, 5) is 10.9. The van der Waals surface area contributed by atoms with Gasteiger partial charge in [-0.25, -0.2) is 0 Å². The number of hydrogen-bond donors (Lipinski definition) is 2. The van der Waals surface area contributed by atoms with Gasteiger partial charge in [-0.05, 0) is 12.0 Å². The van der Waals surface area contributed by atoms with Crippen LogP contribution in [0.2, 0.25) is 0 Å². The zero-order valence-electron chi connectivity index (χ0n) is 7.81. The summed E-state index contributed by atoms with van der Waals surface area (Å²) >= 11 is 0. The van der Waals surface area contributed by atoms with Crippen LogP contribution in [0.4, 0.5) is 0 Å². The summed E-state index contributed by atoms with van der Waals surface area (Å²) in [5.41, 5.74) is 6.42. The minimum Gasteiger partial charge on any atom is -0.481 e. The topological polar surface area (TPSA) is 63.3 Å². The predicted molar refractivity (Wildman–Crippen MR) is 52.9 cm³/mol. The van der Waals surface area contributed by atoms with Gasteiger partial charge in [-0.3, -0.25) is 4.79 Å². The third kappa shape index (κ3) is 1.21. The molecular formula is C11H13NO2. The molecule has 0 amide bonds. The molecule has 0 heterocycles. The molecule has 1 saturated carbocycles. The lowest BCUT2D eigenvalue weighted by Crippen LogP contribution is -2.24. The lowest BCUT2D eigenvalue weighted by Gasteiger charge is -2.13. The van der Waals surface area contributed by atoms with E-state index in [2.05, 4.69) is 0 Å². The number of rotatable bonds is 3. The maximum Gasteiger partial charge on any atom is 0.307 e. The standard InChI is InChI=1S/C11H13NO2/c12-7-11(6-9(11)10(13)14)8-4-2-1-3-5-8/h1-5,9H,6-7,12H2,(H,13,14). The molecule has 3 nitrogen and oxygen atoms in total. The van der Waals surface area contributed by atoms with Gasteiger partial charge in [-0.15, -0.1) is 0 Å². The molecule has 0 aromatic heterocycles. The molecule has 1 aliphatic carbocycles. The van der Waals surface area contributed by atoms with Gasteiger partial charge in [0.1, 0.15) is 0 Å². The van der Waals surface area contributed by atoms with E-state index in [4.69, 9.17) is 10.8 Å². The molecule has 0 bridgehead atoms. The molecular weight excluding hydrogens is 178 g/mol. The zero-order valence-corrected chi connectivity index (χ0v) is 7.81. The number of benzene rings is 1. The predicted octanol–water partition coefficient (Wildman–Crippen LogP) is 0.988. The fourth-order valence-electron chi connectivity index (χ4n) is 2.06. The van der Waals surface area contributed by atoms with Crippen LogP contribution >= 0.6 is 0 Å². The van der Waals surface area contributed by atoms with Crippen molar-refractivity contribution in [2.75, 3.05) is 6.54 Å². The minimum atomic E-state index is -0.737. The number of carboxylic acid groups (broad SMARTS) is 1. The molecule has 74 valence electrons. The smallest absolute Gasteiger partial charge is 0.307 e. The fraction of sp³-hybridized carbons (Fsp3) is 0.364. The zero-order chi connectivity index (χ0) is 10.2. The normalized spacial score (nSPS) is 29.9. The van der Waals surface area contributed by atoms with E-state index in [1.54, 1.807) is 0 Å². The monoisotopic (exact) mass is 191 g/mol. The number of aliphatic carboxylic acids is 1. The Bertz CT molecular complexity index is 350. The summed E-state index contributed by atoms with van der Waals surface area (Å²) in [6.07, 6.45) is 0.669. The van der Waals surface area contributed by atoms with Crippen LogP contribution < -0.4 is 5.73 Å². The first-order valence-corrected chi connectivity index (χ1v) is 4.69. The van der Waals surface area contributed by atoms with Crippen molar-refractivity contribution >= 4 is 5.97 Å². The molecule has 0 spiro atoms. The molecule has 1 aromatic rings. The summed E-state index contributed by atoms with van der Waals surface area (Å²) in [6.45, 7) is 0.411. The minimum absolute atomic E-state index is 0.296. The number of carbonyl (C=O) groups is 1.